The molecule has 2 heterocycles. The fraction of sp³-hybridized carbons (Fsp3) is 0.538. The van der Waals surface area contributed by atoms with Crippen molar-refractivity contribution in [3.8, 4) is 0 Å². The summed E-state index contributed by atoms with van der Waals surface area (Å²) in [7, 11) is 1.78. The SMILES string of the molecule is CN(Cc1cccs1)C(=O)CN1CCC(C(=O)O)C1. The van der Waals surface area contributed by atoms with Gasteiger partial charge in [-0.25, -0.2) is 0 Å². The predicted octanol–water partition coefficient (Wildman–Crippen LogP) is 1.11. The van der Waals surface area contributed by atoms with Crippen LogP contribution in [-0.2, 0) is 16.1 Å². The molecule has 0 aliphatic carbocycles. The summed E-state index contributed by atoms with van der Waals surface area (Å²) < 4.78 is 0. The van der Waals surface area contributed by atoms with Gasteiger partial charge < -0.3 is 10.0 Å². The molecule has 1 aliphatic rings. The van der Waals surface area contributed by atoms with Crippen molar-refractivity contribution in [2.24, 2.45) is 5.92 Å². The number of likely N-dealkylation sites (tertiary alicyclic amines) is 1. The summed E-state index contributed by atoms with van der Waals surface area (Å²) in [6, 6.07) is 3.97. The van der Waals surface area contributed by atoms with Gasteiger partial charge in [0.15, 0.2) is 0 Å². The zero-order valence-corrected chi connectivity index (χ0v) is 11.7. The number of likely N-dealkylation sites (N-methyl/N-ethyl adjacent to an activating group) is 1. The van der Waals surface area contributed by atoms with Crippen LogP contribution in [0.5, 0.6) is 0 Å². The van der Waals surface area contributed by atoms with Crippen LogP contribution in [0.25, 0.3) is 0 Å². The van der Waals surface area contributed by atoms with E-state index in [0.717, 1.165) is 4.88 Å². The molecule has 1 aromatic heterocycles. The normalized spacial score (nSPS) is 19.5. The quantitative estimate of drug-likeness (QED) is 0.879. The molecule has 2 rings (SSSR count). The highest BCUT2D eigenvalue weighted by Crippen LogP contribution is 2.16. The van der Waals surface area contributed by atoms with Gasteiger partial charge in [0.2, 0.25) is 5.91 Å². The molecule has 104 valence electrons. The molecule has 0 radical (unpaired) electrons. The van der Waals surface area contributed by atoms with Crippen molar-refractivity contribution in [1.82, 2.24) is 9.80 Å². The minimum Gasteiger partial charge on any atom is -0.481 e. The first-order valence-corrected chi connectivity index (χ1v) is 7.15. The first-order valence-electron chi connectivity index (χ1n) is 6.28. The number of amides is 1. The molecule has 1 atom stereocenters. The van der Waals surface area contributed by atoms with Crippen LogP contribution in [0.2, 0.25) is 0 Å². The van der Waals surface area contributed by atoms with Gasteiger partial charge in [0, 0.05) is 18.5 Å². The highest BCUT2D eigenvalue weighted by molar-refractivity contribution is 7.09. The van der Waals surface area contributed by atoms with E-state index in [-0.39, 0.29) is 11.8 Å². The van der Waals surface area contributed by atoms with Crippen molar-refractivity contribution in [1.29, 1.82) is 0 Å². The zero-order chi connectivity index (χ0) is 13.8. The molecule has 19 heavy (non-hydrogen) atoms. The van der Waals surface area contributed by atoms with Crippen molar-refractivity contribution in [3.63, 3.8) is 0 Å². The van der Waals surface area contributed by atoms with Crippen LogP contribution in [0.4, 0.5) is 0 Å². The maximum atomic E-state index is 12.0. The molecule has 0 aromatic carbocycles. The minimum atomic E-state index is -0.762. The van der Waals surface area contributed by atoms with Crippen LogP contribution < -0.4 is 0 Å². The second-order valence-electron chi connectivity index (χ2n) is 4.89. The molecular formula is C13H18N2O3S. The maximum Gasteiger partial charge on any atom is 0.307 e. The predicted molar refractivity (Wildman–Crippen MR) is 73.0 cm³/mol. The molecule has 1 unspecified atom stereocenters. The van der Waals surface area contributed by atoms with Gasteiger partial charge in [-0.15, -0.1) is 11.3 Å². The van der Waals surface area contributed by atoms with Crippen molar-refractivity contribution in [3.05, 3.63) is 22.4 Å². The Morgan fingerprint density at radius 3 is 2.95 bits per heavy atom. The van der Waals surface area contributed by atoms with Crippen LogP contribution in [0.1, 0.15) is 11.3 Å². The average Bonchev–Trinajstić information content (AvgIpc) is 2.99. The molecule has 1 fully saturated rings. The standard InChI is InChI=1S/C13H18N2O3S/c1-14(8-11-3-2-6-19-11)12(16)9-15-5-4-10(7-15)13(17)18/h2-3,6,10H,4-5,7-9H2,1H3,(H,17,18). The van der Waals surface area contributed by atoms with Gasteiger partial charge in [-0.3, -0.25) is 14.5 Å². The van der Waals surface area contributed by atoms with Gasteiger partial charge in [-0.05, 0) is 24.4 Å². The summed E-state index contributed by atoms with van der Waals surface area (Å²) in [5, 5.41) is 10.9. The van der Waals surface area contributed by atoms with Crippen LogP contribution >= 0.6 is 11.3 Å². The molecule has 1 N–H and O–H groups in total. The lowest BCUT2D eigenvalue weighted by Gasteiger charge is -2.20. The van der Waals surface area contributed by atoms with E-state index in [1.54, 1.807) is 23.3 Å². The molecule has 1 aliphatic heterocycles. The molecule has 5 nitrogen and oxygen atoms in total. The molecular weight excluding hydrogens is 264 g/mol. The Hall–Kier alpha value is -1.40. The molecule has 1 saturated heterocycles. The number of thiophene rings is 1. The average molecular weight is 282 g/mol. The molecule has 0 spiro atoms. The number of hydrogen-bond donors (Lipinski definition) is 1. The van der Waals surface area contributed by atoms with Crippen LogP contribution in [0.3, 0.4) is 0 Å². The van der Waals surface area contributed by atoms with Crippen molar-refractivity contribution < 1.29 is 14.7 Å². The van der Waals surface area contributed by atoms with Gasteiger partial charge in [0.25, 0.3) is 0 Å². The highest BCUT2D eigenvalue weighted by Gasteiger charge is 2.29. The van der Waals surface area contributed by atoms with Gasteiger partial charge in [0.1, 0.15) is 0 Å². The fourth-order valence-corrected chi connectivity index (χ4v) is 2.97. The van der Waals surface area contributed by atoms with Crippen molar-refractivity contribution in [2.75, 3.05) is 26.7 Å². The van der Waals surface area contributed by atoms with Crippen LogP contribution in [0.15, 0.2) is 17.5 Å². The van der Waals surface area contributed by atoms with E-state index in [9.17, 15) is 9.59 Å². The fourth-order valence-electron chi connectivity index (χ4n) is 2.21. The number of rotatable bonds is 5. The van der Waals surface area contributed by atoms with E-state index >= 15 is 0 Å². The molecule has 6 heteroatoms. The third kappa shape index (κ3) is 3.78. The van der Waals surface area contributed by atoms with Crippen LogP contribution in [-0.4, -0.2) is 53.5 Å². The number of carboxylic acid groups (broad SMARTS) is 1. The number of carbonyl (C=O) groups excluding carboxylic acids is 1. The summed E-state index contributed by atoms with van der Waals surface area (Å²) in [6.45, 7) is 2.10. The monoisotopic (exact) mass is 282 g/mol. The van der Waals surface area contributed by atoms with Crippen LogP contribution in [0, 0.1) is 5.92 Å². The third-order valence-electron chi connectivity index (χ3n) is 3.38. The summed E-state index contributed by atoms with van der Waals surface area (Å²) in [5.41, 5.74) is 0. The second kappa shape index (κ2) is 6.16. The van der Waals surface area contributed by atoms with Crippen molar-refractivity contribution in [2.45, 2.75) is 13.0 Å². The number of aliphatic carboxylic acids is 1. The smallest absolute Gasteiger partial charge is 0.307 e. The number of nitrogens with zero attached hydrogens (tertiary/aromatic N) is 2. The first-order chi connectivity index (χ1) is 9.06. The topological polar surface area (TPSA) is 60.9 Å². The highest BCUT2D eigenvalue weighted by atomic mass is 32.1. The van der Waals surface area contributed by atoms with Gasteiger partial charge in [0.05, 0.1) is 19.0 Å². The lowest BCUT2D eigenvalue weighted by atomic mass is 10.1. The summed E-state index contributed by atoms with van der Waals surface area (Å²) in [4.78, 5) is 27.7. The third-order valence-corrected chi connectivity index (χ3v) is 4.24. The van der Waals surface area contributed by atoms with E-state index < -0.39 is 5.97 Å². The van der Waals surface area contributed by atoms with E-state index in [0.29, 0.717) is 32.6 Å². The van der Waals surface area contributed by atoms with Crippen molar-refractivity contribution >= 4 is 23.2 Å². The Bertz CT molecular complexity index is 447. The first kappa shape index (κ1) is 14.0. The van der Waals surface area contributed by atoms with E-state index in [4.69, 9.17) is 5.11 Å². The Balaban J connectivity index is 1.79. The lowest BCUT2D eigenvalue weighted by Crippen LogP contribution is -2.37. The van der Waals surface area contributed by atoms with E-state index in [1.807, 2.05) is 22.4 Å². The Kier molecular flexibility index (Phi) is 4.55. The Labute approximate surface area is 116 Å². The van der Waals surface area contributed by atoms with Gasteiger partial charge in [-0.1, -0.05) is 6.07 Å². The molecule has 1 amide bonds. The maximum absolute atomic E-state index is 12.0. The minimum absolute atomic E-state index is 0.0411. The summed E-state index contributed by atoms with van der Waals surface area (Å²) >= 11 is 1.63. The zero-order valence-electron chi connectivity index (χ0n) is 10.9. The Morgan fingerprint density at radius 1 is 1.58 bits per heavy atom. The number of hydrogen-bond acceptors (Lipinski definition) is 4. The van der Waals surface area contributed by atoms with E-state index in [1.165, 1.54) is 0 Å². The number of carbonyl (C=O) groups is 2. The molecule has 0 bridgehead atoms. The molecule has 0 saturated carbocycles. The molecule has 1 aromatic rings. The largest absolute Gasteiger partial charge is 0.481 e. The van der Waals surface area contributed by atoms with Gasteiger partial charge >= 0.3 is 5.97 Å². The van der Waals surface area contributed by atoms with Gasteiger partial charge in [-0.2, -0.15) is 0 Å². The van der Waals surface area contributed by atoms with E-state index in [2.05, 4.69) is 0 Å². The summed E-state index contributed by atoms with van der Waals surface area (Å²) in [5.74, 6) is -1.04. The number of carboxylic acids is 1. The lowest BCUT2D eigenvalue weighted by molar-refractivity contribution is -0.141. The Morgan fingerprint density at radius 2 is 2.37 bits per heavy atom. The summed E-state index contributed by atoms with van der Waals surface area (Å²) in [6.07, 6.45) is 0.636. The second-order valence-corrected chi connectivity index (χ2v) is 5.92.